The highest BCUT2D eigenvalue weighted by molar-refractivity contribution is 8.14. The molecule has 0 spiro atoms. The van der Waals surface area contributed by atoms with E-state index in [1.165, 1.54) is 11.8 Å². The minimum Gasteiger partial charge on any atom is -0.325 e. The fourth-order valence-corrected chi connectivity index (χ4v) is 3.83. The second-order valence-corrected chi connectivity index (χ2v) is 8.78. The second-order valence-electron chi connectivity index (χ2n) is 7.84. The molecular formula is C22H27N5O2S. The third kappa shape index (κ3) is 5.38. The number of nitrogens with zero attached hydrogens (tertiary/aromatic N) is 4. The van der Waals surface area contributed by atoms with E-state index in [4.69, 9.17) is 0 Å². The molecule has 1 aromatic carbocycles. The van der Waals surface area contributed by atoms with Gasteiger partial charge < -0.3 is 5.32 Å². The summed E-state index contributed by atoms with van der Waals surface area (Å²) in [5.74, 6) is 0.179. The Morgan fingerprint density at radius 2 is 2.07 bits per heavy atom. The quantitative estimate of drug-likeness (QED) is 0.717. The summed E-state index contributed by atoms with van der Waals surface area (Å²) < 4.78 is 1.68. The molecule has 0 saturated heterocycles. The monoisotopic (exact) mass is 425 g/mol. The molecule has 158 valence electrons. The minimum atomic E-state index is -0.148. The largest absolute Gasteiger partial charge is 0.325 e. The van der Waals surface area contributed by atoms with Gasteiger partial charge in [0.2, 0.25) is 5.91 Å². The van der Waals surface area contributed by atoms with Crippen LogP contribution < -0.4 is 5.32 Å². The maximum absolute atomic E-state index is 12.9. The lowest BCUT2D eigenvalue weighted by molar-refractivity contribution is -0.122. The number of aryl methyl sites for hydroxylation is 3. The van der Waals surface area contributed by atoms with Crippen molar-refractivity contribution in [2.24, 2.45) is 18.0 Å². The number of carbonyl (C=O) groups excluding carboxylic acids is 2. The summed E-state index contributed by atoms with van der Waals surface area (Å²) in [5, 5.41) is 7.63. The number of hydrogen-bond donors (Lipinski definition) is 1. The number of hydrogen-bond acceptors (Lipinski definition) is 5. The molecule has 3 rings (SSSR count). The fraction of sp³-hybridized carbons (Fsp3) is 0.364. The lowest BCUT2D eigenvalue weighted by atomic mass is 10.1. The average Bonchev–Trinajstić information content (AvgIpc) is 3.21. The summed E-state index contributed by atoms with van der Waals surface area (Å²) in [7, 11) is 1.82. The number of anilines is 1. The standard InChI is InChI=1S/C22H27N5O2S/c1-14(2)11-27-21(29)19(9-17-10-23-26(5)12-17)25-22(27)30-13-20(28)24-18-8-15(3)6-7-16(18)4/h6-10,12,14H,11,13H2,1-5H3,(H,24,28). The van der Waals surface area contributed by atoms with Crippen LogP contribution in [0.2, 0.25) is 0 Å². The zero-order valence-electron chi connectivity index (χ0n) is 18.0. The summed E-state index contributed by atoms with van der Waals surface area (Å²) in [5.41, 5.74) is 4.08. The van der Waals surface area contributed by atoms with Gasteiger partial charge in [-0.05, 0) is 43.0 Å². The molecule has 2 amide bonds. The Bertz CT molecular complexity index is 1020. The van der Waals surface area contributed by atoms with Crippen LogP contribution in [0.15, 0.2) is 41.3 Å². The van der Waals surface area contributed by atoms with Crippen LogP contribution in [0.1, 0.15) is 30.5 Å². The maximum atomic E-state index is 12.9. The van der Waals surface area contributed by atoms with Gasteiger partial charge in [-0.15, -0.1) is 0 Å². The molecule has 0 bridgehead atoms. The maximum Gasteiger partial charge on any atom is 0.278 e. The first-order valence-corrected chi connectivity index (χ1v) is 10.8. The predicted octanol–water partition coefficient (Wildman–Crippen LogP) is 3.60. The third-order valence-electron chi connectivity index (χ3n) is 4.49. The minimum absolute atomic E-state index is 0.127. The van der Waals surface area contributed by atoms with Gasteiger partial charge in [-0.3, -0.25) is 19.2 Å². The zero-order chi connectivity index (χ0) is 21.8. The van der Waals surface area contributed by atoms with Crippen LogP contribution in [0.5, 0.6) is 0 Å². The van der Waals surface area contributed by atoms with Gasteiger partial charge >= 0.3 is 0 Å². The Morgan fingerprint density at radius 3 is 2.73 bits per heavy atom. The molecule has 1 aliphatic rings. The van der Waals surface area contributed by atoms with Crippen LogP contribution in [-0.4, -0.2) is 44.0 Å². The Kier molecular flexibility index (Phi) is 6.77. The number of amides is 2. The highest BCUT2D eigenvalue weighted by atomic mass is 32.2. The molecule has 2 aromatic rings. The summed E-state index contributed by atoms with van der Waals surface area (Å²) >= 11 is 1.28. The second kappa shape index (κ2) is 9.30. The van der Waals surface area contributed by atoms with Gasteiger partial charge in [0, 0.05) is 31.0 Å². The lowest BCUT2D eigenvalue weighted by Gasteiger charge is -2.19. The average molecular weight is 426 g/mol. The van der Waals surface area contributed by atoms with Crippen LogP contribution >= 0.6 is 11.8 Å². The van der Waals surface area contributed by atoms with Crippen LogP contribution in [-0.2, 0) is 16.6 Å². The molecule has 0 atom stereocenters. The van der Waals surface area contributed by atoms with Crippen molar-refractivity contribution in [1.82, 2.24) is 14.7 Å². The first-order valence-electron chi connectivity index (χ1n) is 9.83. The molecule has 1 N–H and O–H groups in total. The number of benzene rings is 1. The van der Waals surface area contributed by atoms with Gasteiger partial charge in [-0.1, -0.05) is 37.7 Å². The fourth-order valence-electron chi connectivity index (χ4n) is 3.03. The van der Waals surface area contributed by atoms with Crippen molar-refractivity contribution in [1.29, 1.82) is 0 Å². The van der Waals surface area contributed by atoms with Gasteiger partial charge in [-0.2, -0.15) is 5.10 Å². The van der Waals surface area contributed by atoms with Crippen LogP contribution in [0.3, 0.4) is 0 Å². The van der Waals surface area contributed by atoms with Crippen molar-refractivity contribution in [2.45, 2.75) is 27.7 Å². The summed E-state index contributed by atoms with van der Waals surface area (Å²) in [4.78, 5) is 31.6. The van der Waals surface area contributed by atoms with E-state index >= 15 is 0 Å². The molecule has 30 heavy (non-hydrogen) atoms. The van der Waals surface area contributed by atoms with Gasteiger partial charge in [0.05, 0.1) is 11.9 Å². The number of carbonyl (C=O) groups is 2. The van der Waals surface area contributed by atoms with Crippen LogP contribution in [0.25, 0.3) is 6.08 Å². The number of rotatable bonds is 6. The van der Waals surface area contributed by atoms with E-state index in [-0.39, 0.29) is 23.5 Å². The summed E-state index contributed by atoms with van der Waals surface area (Å²) in [6.45, 7) is 8.59. The van der Waals surface area contributed by atoms with Crippen molar-refractivity contribution in [3.63, 3.8) is 0 Å². The number of aliphatic imine (C=N–C) groups is 1. The van der Waals surface area contributed by atoms with Gasteiger partial charge in [-0.25, -0.2) is 4.99 Å². The van der Waals surface area contributed by atoms with Crippen LogP contribution in [0.4, 0.5) is 5.69 Å². The molecule has 0 saturated carbocycles. The van der Waals surface area contributed by atoms with Crippen molar-refractivity contribution in [2.75, 3.05) is 17.6 Å². The van der Waals surface area contributed by atoms with Crippen molar-refractivity contribution < 1.29 is 9.59 Å². The highest BCUT2D eigenvalue weighted by Gasteiger charge is 2.31. The first-order chi connectivity index (χ1) is 14.2. The van der Waals surface area contributed by atoms with E-state index < -0.39 is 0 Å². The highest BCUT2D eigenvalue weighted by Crippen LogP contribution is 2.25. The van der Waals surface area contributed by atoms with Crippen molar-refractivity contribution in [3.05, 3.63) is 53.0 Å². The number of nitrogens with one attached hydrogen (secondary N) is 1. The molecular weight excluding hydrogens is 398 g/mol. The third-order valence-corrected chi connectivity index (χ3v) is 5.46. The van der Waals surface area contributed by atoms with Crippen LogP contribution in [0, 0.1) is 19.8 Å². The molecule has 7 nitrogen and oxygen atoms in total. The number of amidine groups is 1. The lowest BCUT2D eigenvalue weighted by Crippen LogP contribution is -2.34. The van der Waals surface area contributed by atoms with Gasteiger partial charge in [0.1, 0.15) is 5.70 Å². The molecule has 0 fully saturated rings. The molecule has 1 aliphatic heterocycles. The Labute approximate surface area is 181 Å². The van der Waals surface area contributed by atoms with E-state index in [9.17, 15) is 9.59 Å². The Hall–Kier alpha value is -2.87. The van der Waals surface area contributed by atoms with E-state index in [0.717, 1.165) is 22.4 Å². The normalized spacial score (nSPS) is 15.3. The van der Waals surface area contributed by atoms with Crippen molar-refractivity contribution in [3.8, 4) is 0 Å². The number of aromatic nitrogens is 2. The zero-order valence-corrected chi connectivity index (χ0v) is 18.8. The topological polar surface area (TPSA) is 79.6 Å². The van der Waals surface area contributed by atoms with E-state index in [0.29, 0.717) is 17.4 Å². The number of thioether (sulfide) groups is 1. The first kappa shape index (κ1) is 21.8. The molecule has 1 aromatic heterocycles. The van der Waals surface area contributed by atoms with E-state index in [2.05, 4.69) is 15.4 Å². The van der Waals surface area contributed by atoms with E-state index in [1.54, 1.807) is 21.9 Å². The smallest absolute Gasteiger partial charge is 0.278 e. The molecule has 0 unspecified atom stereocenters. The predicted molar refractivity (Wildman–Crippen MR) is 122 cm³/mol. The molecule has 2 heterocycles. The molecule has 8 heteroatoms. The van der Waals surface area contributed by atoms with Gasteiger partial charge in [0.25, 0.3) is 5.91 Å². The Balaban J connectivity index is 1.73. The molecule has 0 radical (unpaired) electrons. The van der Waals surface area contributed by atoms with Gasteiger partial charge in [0.15, 0.2) is 5.17 Å². The Morgan fingerprint density at radius 1 is 1.30 bits per heavy atom. The molecule has 0 aliphatic carbocycles. The van der Waals surface area contributed by atoms with Crippen molar-refractivity contribution >= 4 is 40.5 Å². The summed E-state index contributed by atoms with van der Waals surface area (Å²) in [6.07, 6.45) is 5.24. The summed E-state index contributed by atoms with van der Waals surface area (Å²) in [6, 6.07) is 5.95. The SMILES string of the molecule is Cc1ccc(C)c(NC(=O)CSC2=NC(=Cc3cnn(C)c3)C(=O)N2CC(C)C)c1. The van der Waals surface area contributed by atoms with E-state index in [1.807, 2.05) is 59.1 Å².